The van der Waals surface area contributed by atoms with Crippen LogP contribution in [0.3, 0.4) is 0 Å². The minimum absolute atomic E-state index is 0.274. The first-order chi connectivity index (χ1) is 5.57. The fourth-order valence-electron chi connectivity index (χ4n) is 0.991. The lowest BCUT2D eigenvalue weighted by Crippen LogP contribution is -2.01. The second-order valence-corrected chi connectivity index (χ2v) is 4.62. The molecule has 1 aromatic heterocycles. The van der Waals surface area contributed by atoms with Gasteiger partial charge in [-0.3, -0.25) is 0 Å². The van der Waals surface area contributed by atoms with Gasteiger partial charge in [-0.25, -0.2) is 4.79 Å². The van der Waals surface area contributed by atoms with Crippen molar-refractivity contribution in [3.63, 3.8) is 0 Å². The van der Waals surface area contributed by atoms with Gasteiger partial charge in [0.25, 0.3) is 0 Å². The third-order valence-electron chi connectivity index (χ3n) is 1.58. The van der Waals surface area contributed by atoms with Crippen molar-refractivity contribution < 1.29 is 9.53 Å². The zero-order valence-corrected chi connectivity index (χ0v) is 9.51. The van der Waals surface area contributed by atoms with E-state index in [1.165, 1.54) is 7.11 Å². The van der Waals surface area contributed by atoms with Gasteiger partial charge in [0.1, 0.15) is 0 Å². The summed E-state index contributed by atoms with van der Waals surface area (Å²) in [6.45, 7) is 3.88. The summed E-state index contributed by atoms with van der Waals surface area (Å²) in [5.74, 6) is -0.274. The zero-order chi connectivity index (χ0) is 9.30. The van der Waals surface area contributed by atoms with Crippen LogP contribution in [0.15, 0.2) is 4.47 Å². The highest BCUT2D eigenvalue weighted by Crippen LogP contribution is 2.32. The third-order valence-corrected chi connectivity index (χ3v) is 3.85. The number of carbonyl (C=O) groups excluding carboxylic acids is 1. The molecule has 0 aliphatic heterocycles. The molecule has 0 unspecified atom stereocenters. The summed E-state index contributed by atoms with van der Waals surface area (Å²) in [6.07, 6.45) is 0. The highest BCUT2D eigenvalue weighted by Gasteiger charge is 2.17. The Kier molecular flexibility index (Phi) is 2.90. The minimum atomic E-state index is -0.274. The van der Waals surface area contributed by atoms with Crippen molar-refractivity contribution in [3.8, 4) is 0 Å². The number of carbonyl (C=O) groups is 1. The van der Waals surface area contributed by atoms with Crippen molar-refractivity contribution in [1.82, 2.24) is 0 Å². The van der Waals surface area contributed by atoms with E-state index >= 15 is 0 Å². The van der Waals surface area contributed by atoms with E-state index in [1.807, 2.05) is 13.8 Å². The van der Waals surface area contributed by atoms with Crippen LogP contribution in [0, 0.1) is 13.8 Å². The third kappa shape index (κ3) is 1.54. The van der Waals surface area contributed by atoms with Crippen LogP contribution in [0.1, 0.15) is 20.1 Å². The molecule has 0 fully saturated rings. The van der Waals surface area contributed by atoms with E-state index in [2.05, 4.69) is 20.7 Å². The zero-order valence-electron chi connectivity index (χ0n) is 7.10. The number of methoxy groups -OCH3 is 1. The normalized spacial score (nSPS) is 10.0. The topological polar surface area (TPSA) is 26.3 Å². The second-order valence-electron chi connectivity index (χ2n) is 2.39. The van der Waals surface area contributed by atoms with Crippen LogP contribution in [-0.4, -0.2) is 13.1 Å². The quantitative estimate of drug-likeness (QED) is 0.715. The van der Waals surface area contributed by atoms with Gasteiger partial charge in [0.05, 0.1) is 12.7 Å². The van der Waals surface area contributed by atoms with E-state index in [0.29, 0.717) is 5.56 Å². The summed E-state index contributed by atoms with van der Waals surface area (Å²) in [4.78, 5) is 13.3. The molecule has 0 saturated carbocycles. The van der Waals surface area contributed by atoms with Crippen molar-refractivity contribution in [3.05, 3.63) is 19.8 Å². The van der Waals surface area contributed by atoms with Gasteiger partial charge in [0, 0.05) is 14.2 Å². The molecule has 12 heavy (non-hydrogen) atoms. The van der Waals surface area contributed by atoms with Crippen LogP contribution in [0.2, 0.25) is 0 Å². The summed E-state index contributed by atoms with van der Waals surface area (Å²) in [5, 5.41) is 0. The predicted molar refractivity (Wildman–Crippen MR) is 52.8 cm³/mol. The van der Waals surface area contributed by atoms with Gasteiger partial charge < -0.3 is 4.74 Å². The summed E-state index contributed by atoms with van der Waals surface area (Å²) >= 11 is 4.94. The Labute approximate surface area is 83.7 Å². The molecule has 1 rings (SSSR count). The number of hydrogen-bond donors (Lipinski definition) is 0. The van der Waals surface area contributed by atoms with Crippen LogP contribution < -0.4 is 0 Å². The van der Waals surface area contributed by atoms with Gasteiger partial charge in [0.15, 0.2) is 0 Å². The number of thiophene rings is 1. The maximum atomic E-state index is 11.2. The summed E-state index contributed by atoms with van der Waals surface area (Å²) in [6, 6.07) is 0. The summed E-state index contributed by atoms with van der Waals surface area (Å²) in [5.41, 5.74) is 0.653. The van der Waals surface area contributed by atoms with E-state index < -0.39 is 0 Å². The second kappa shape index (κ2) is 3.58. The van der Waals surface area contributed by atoms with E-state index in [-0.39, 0.29) is 5.97 Å². The van der Waals surface area contributed by atoms with Gasteiger partial charge in [-0.05, 0) is 29.8 Å². The van der Waals surface area contributed by atoms with Crippen molar-refractivity contribution in [2.24, 2.45) is 0 Å². The first-order valence-electron chi connectivity index (χ1n) is 3.41. The van der Waals surface area contributed by atoms with Gasteiger partial charge in [-0.15, -0.1) is 11.3 Å². The molecule has 0 spiro atoms. The van der Waals surface area contributed by atoms with Crippen LogP contribution in [0.4, 0.5) is 0 Å². The molecule has 0 aromatic carbocycles. The lowest BCUT2D eigenvalue weighted by Gasteiger charge is -1.97. The average molecular weight is 249 g/mol. The molecule has 4 heteroatoms. The highest BCUT2D eigenvalue weighted by atomic mass is 79.9. The summed E-state index contributed by atoms with van der Waals surface area (Å²) in [7, 11) is 1.39. The smallest absolute Gasteiger partial charge is 0.340 e. The molecular weight excluding hydrogens is 240 g/mol. The molecule has 0 bridgehead atoms. The largest absolute Gasteiger partial charge is 0.465 e. The molecule has 0 N–H and O–H groups in total. The number of esters is 1. The number of aryl methyl sites for hydroxylation is 2. The average Bonchev–Trinajstić information content (AvgIpc) is 2.26. The Morgan fingerprint density at radius 1 is 1.42 bits per heavy atom. The molecule has 1 heterocycles. The number of ether oxygens (including phenoxy) is 1. The Morgan fingerprint density at radius 2 is 2.00 bits per heavy atom. The Bertz CT molecular complexity index is 317. The highest BCUT2D eigenvalue weighted by molar-refractivity contribution is 9.10. The maximum Gasteiger partial charge on any atom is 0.340 e. The lowest BCUT2D eigenvalue weighted by molar-refractivity contribution is 0.0599. The minimum Gasteiger partial charge on any atom is -0.465 e. The van der Waals surface area contributed by atoms with Crippen LogP contribution in [0.5, 0.6) is 0 Å². The predicted octanol–water partition coefficient (Wildman–Crippen LogP) is 2.91. The van der Waals surface area contributed by atoms with Crippen molar-refractivity contribution in [1.29, 1.82) is 0 Å². The molecular formula is C8H9BrO2S. The van der Waals surface area contributed by atoms with Crippen LogP contribution >= 0.6 is 27.3 Å². The van der Waals surface area contributed by atoms with E-state index in [0.717, 1.165) is 14.2 Å². The van der Waals surface area contributed by atoms with Crippen LogP contribution in [0.25, 0.3) is 0 Å². The Balaban J connectivity index is 3.22. The van der Waals surface area contributed by atoms with Gasteiger partial charge in [0.2, 0.25) is 0 Å². The van der Waals surface area contributed by atoms with E-state index in [4.69, 9.17) is 0 Å². The fourth-order valence-corrected chi connectivity index (χ4v) is 2.76. The lowest BCUT2D eigenvalue weighted by atomic mass is 10.2. The number of rotatable bonds is 1. The Hall–Kier alpha value is -0.350. The number of hydrogen-bond acceptors (Lipinski definition) is 3. The van der Waals surface area contributed by atoms with Crippen molar-refractivity contribution in [2.75, 3.05) is 7.11 Å². The van der Waals surface area contributed by atoms with E-state index in [1.54, 1.807) is 11.3 Å². The first kappa shape index (κ1) is 9.74. The molecule has 0 aliphatic carbocycles. The van der Waals surface area contributed by atoms with Crippen molar-refractivity contribution in [2.45, 2.75) is 13.8 Å². The molecule has 0 aliphatic rings. The SMILES string of the molecule is COC(=O)c1c(C)sc(C)c1Br. The number of halogens is 1. The molecule has 0 atom stereocenters. The Morgan fingerprint density at radius 3 is 2.33 bits per heavy atom. The monoisotopic (exact) mass is 248 g/mol. The molecule has 66 valence electrons. The van der Waals surface area contributed by atoms with Crippen molar-refractivity contribution >= 4 is 33.2 Å². The van der Waals surface area contributed by atoms with Crippen LogP contribution in [-0.2, 0) is 4.74 Å². The van der Waals surface area contributed by atoms with Gasteiger partial charge in [-0.1, -0.05) is 0 Å². The first-order valence-corrected chi connectivity index (χ1v) is 5.02. The van der Waals surface area contributed by atoms with Gasteiger partial charge >= 0.3 is 5.97 Å². The molecule has 0 saturated heterocycles. The fraction of sp³-hybridized carbons (Fsp3) is 0.375. The van der Waals surface area contributed by atoms with Gasteiger partial charge in [-0.2, -0.15) is 0 Å². The summed E-state index contributed by atoms with van der Waals surface area (Å²) < 4.78 is 5.51. The standard InChI is InChI=1S/C8H9BrO2S/c1-4-6(8(10)11-3)7(9)5(2)12-4/h1-3H3. The molecule has 2 nitrogen and oxygen atoms in total. The molecule has 0 amide bonds. The van der Waals surface area contributed by atoms with E-state index in [9.17, 15) is 4.79 Å². The maximum absolute atomic E-state index is 11.2. The molecule has 1 aromatic rings. The molecule has 0 radical (unpaired) electrons.